The summed E-state index contributed by atoms with van der Waals surface area (Å²) in [6, 6.07) is 0.596. The number of rotatable bonds is 2. The van der Waals surface area contributed by atoms with Gasteiger partial charge < -0.3 is 9.64 Å². The van der Waals surface area contributed by atoms with E-state index in [1.54, 1.807) is 4.90 Å². The second-order valence-electron chi connectivity index (χ2n) is 3.36. The van der Waals surface area contributed by atoms with Gasteiger partial charge in [-0.15, -0.1) is 0 Å². The van der Waals surface area contributed by atoms with Crippen LogP contribution in [0, 0.1) is 0 Å². The van der Waals surface area contributed by atoms with E-state index in [1.807, 2.05) is 0 Å². The molecule has 0 aromatic carbocycles. The molecule has 4 heteroatoms. The van der Waals surface area contributed by atoms with Crippen molar-refractivity contribution in [2.24, 2.45) is 0 Å². The maximum atomic E-state index is 10.3. The highest BCUT2D eigenvalue weighted by Crippen LogP contribution is 2.13. The molecule has 68 valence electrons. The molecule has 12 heavy (non-hydrogen) atoms. The Morgan fingerprint density at radius 3 is 2.50 bits per heavy atom. The number of carbonyl (C=O) groups excluding carboxylic acids is 1. The van der Waals surface area contributed by atoms with Crippen molar-refractivity contribution in [2.75, 3.05) is 39.4 Å². The van der Waals surface area contributed by atoms with E-state index < -0.39 is 0 Å². The van der Waals surface area contributed by atoms with Crippen LogP contribution in [0.5, 0.6) is 0 Å². The number of nitrogens with zero attached hydrogens (tertiary/aromatic N) is 2. The highest BCUT2D eigenvalue weighted by atomic mass is 16.5. The lowest BCUT2D eigenvalue weighted by atomic mass is 10.1. The van der Waals surface area contributed by atoms with Gasteiger partial charge in [-0.3, -0.25) is 9.69 Å². The topological polar surface area (TPSA) is 32.8 Å². The van der Waals surface area contributed by atoms with Crippen LogP contribution in [0.1, 0.15) is 0 Å². The predicted octanol–water partition coefficient (Wildman–Crippen LogP) is -0.841. The summed E-state index contributed by atoms with van der Waals surface area (Å²) in [4.78, 5) is 14.5. The van der Waals surface area contributed by atoms with E-state index in [2.05, 4.69) is 4.90 Å². The van der Waals surface area contributed by atoms with E-state index in [4.69, 9.17) is 4.74 Å². The van der Waals surface area contributed by atoms with Crippen LogP contribution >= 0.6 is 0 Å². The Hall–Kier alpha value is -0.610. The molecule has 2 heterocycles. The van der Waals surface area contributed by atoms with Crippen molar-refractivity contribution < 1.29 is 9.53 Å². The van der Waals surface area contributed by atoms with Gasteiger partial charge in [-0.2, -0.15) is 0 Å². The number of likely N-dealkylation sites (tertiary alicyclic amines) is 1. The Bertz CT molecular complexity index is 162. The van der Waals surface area contributed by atoms with Gasteiger partial charge in [-0.05, 0) is 0 Å². The summed E-state index contributed by atoms with van der Waals surface area (Å²) in [5, 5.41) is 0. The Balaban J connectivity index is 1.75. The van der Waals surface area contributed by atoms with Crippen LogP contribution in [-0.2, 0) is 9.53 Å². The molecule has 0 unspecified atom stereocenters. The minimum absolute atomic E-state index is 0.596. The predicted molar refractivity (Wildman–Crippen MR) is 43.8 cm³/mol. The van der Waals surface area contributed by atoms with Crippen LogP contribution in [0.2, 0.25) is 0 Å². The molecule has 1 amide bonds. The zero-order valence-corrected chi connectivity index (χ0v) is 7.11. The van der Waals surface area contributed by atoms with E-state index in [9.17, 15) is 4.79 Å². The Labute approximate surface area is 72.1 Å². The standard InChI is InChI=1S/C8H14N2O2/c11-7-9-5-8(6-9)10-1-3-12-4-2-10/h7-8H,1-6H2. The van der Waals surface area contributed by atoms with Crippen molar-refractivity contribution in [3.63, 3.8) is 0 Å². The second kappa shape index (κ2) is 3.41. The summed E-state index contributed by atoms with van der Waals surface area (Å²) in [5.41, 5.74) is 0. The van der Waals surface area contributed by atoms with Crippen molar-refractivity contribution in [3.8, 4) is 0 Å². The number of carbonyl (C=O) groups is 1. The molecule has 0 radical (unpaired) electrons. The molecule has 0 aliphatic carbocycles. The van der Waals surface area contributed by atoms with Crippen LogP contribution in [0.25, 0.3) is 0 Å². The van der Waals surface area contributed by atoms with Gasteiger partial charge in [-0.1, -0.05) is 0 Å². The monoisotopic (exact) mass is 170 g/mol. The quantitative estimate of drug-likeness (QED) is 0.507. The van der Waals surface area contributed by atoms with E-state index in [1.165, 1.54) is 0 Å². The first-order chi connectivity index (χ1) is 5.90. The number of hydrogen-bond donors (Lipinski definition) is 0. The number of ether oxygens (including phenoxy) is 1. The lowest BCUT2D eigenvalue weighted by molar-refractivity contribution is -0.126. The summed E-state index contributed by atoms with van der Waals surface area (Å²) in [5.74, 6) is 0. The molecule has 0 aromatic rings. The fourth-order valence-electron chi connectivity index (χ4n) is 1.75. The second-order valence-corrected chi connectivity index (χ2v) is 3.36. The normalized spacial score (nSPS) is 26.8. The van der Waals surface area contributed by atoms with Crippen LogP contribution in [0.15, 0.2) is 0 Å². The van der Waals surface area contributed by atoms with Crippen molar-refractivity contribution >= 4 is 6.41 Å². The van der Waals surface area contributed by atoms with Gasteiger partial charge >= 0.3 is 0 Å². The first-order valence-corrected chi connectivity index (χ1v) is 4.41. The minimum Gasteiger partial charge on any atom is -0.379 e. The molecule has 0 aromatic heterocycles. The third-order valence-corrected chi connectivity index (χ3v) is 2.60. The zero-order valence-electron chi connectivity index (χ0n) is 7.11. The first kappa shape index (κ1) is 8.01. The highest BCUT2D eigenvalue weighted by molar-refractivity contribution is 5.49. The summed E-state index contributed by atoms with van der Waals surface area (Å²) in [7, 11) is 0. The van der Waals surface area contributed by atoms with Gasteiger partial charge in [-0.25, -0.2) is 0 Å². The van der Waals surface area contributed by atoms with Gasteiger partial charge in [0.05, 0.1) is 13.2 Å². The van der Waals surface area contributed by atoms with E-state index in [-0.39, 0.29) is 0 Å². The molecule has 2 aliphatic heterocycles. The summed E-state index contributed by atoms with van der Waals surface area (Å²) >= 11 is 0. The molecular formula is C8H14N2O2. The van der Waals surface area contributed by atoms with Gasteiger partial charge in [0.15, 0.2) is 0 Å². The van der Waals surface area contributed by atoms with Crippen LogP contribution < -0.4 is 0 Å². The summed E-state index contributed by atoms with van der Waals surface area (Å²) in [6.07, 6.45) is 0.928. The van der Waals surface area contributed by atoms with Crippen molar-refractivity contribution in [1.82, 2.24) is 9.80 Å². The van der Waals surface area contributed by atoms with Crippen molar-refractivity contribution in [2.45, 2.75) is 6.04 Å². The van der Waals surface area contributed by atoms with E-state index in [0.29, 0.717) is 6.04 Å². The maximum absolute atomic E-state index is 10.3. The third kappa shape index (κ3) is 1.44. The molecule has 0 atom stereocenters. The molecule has 4 nitrogen and oxygen atoms in total. The van der Waals surface area contributed by atoms with Crippen molar-refractivity contribution in [3.05, 3.63) is 0 Å². The molecule has 2 fully saturated rings. The van der Waals surface area contributed by atoms with Crippen LogP contribution in [0.3, 0.4) is 0 Å². The molecule has 2 aliphatic rings. The van der Waals surface area contributed by atoms with Gasteiger partial charge in [0, 0.05) is 32.2 Å². The highest BCUT2D eigenvalue weighted by Gasteiger charge is 2.31. The smallest absolute Gasteiger partial charge is 0.209 e. The van der Waals surface area contributed by atoms with E-state index >= 15 is 0 Å². The molecule has 0 spiro atoms. The van der Waals surface area contributed by atoms with Gasteiger partial charge in [0.2, 0.25) is 6.41 Å². The lowest BCUT2D eigenvalue weighted by Crippen LogP contribution is -2.60. The fourth-order valence-corrected chi connectivity index (χ4v) is 1.75. The minimum atomic E-state index is 0.596. The summed E-state index contributed by atoms with van der Waals surface area (Å²) in [6.45, 7) is 5.55. The molecule has 2 rings (SSSR count). The molecule has 0 saturated carbocycles. The lowest BCUT2D eigenvalue weighted by Gasteiger charge is -2.44. The third-order valence-electron chi connectivity index (χ3n) is 2.60. The SMILES string of the molecule is O=CN1CC(N2CCOCC2)C1. The number of hydrogen-bond acceptors (Lipinski definition) is 3. The Kier molecular flexibility index (Phi) is 2.28. The van der Waals surface area contributed by atoms with E-state index in [0.717, 1.165) is 45.8 Å². The first-order valence-electron chi connectivity index (χ1n) is 4.41. The largest absolute Gasteiger partial charge is 0.379 e. The molecular weight excluding hydrogens is 156 g/mol. The average molecular weight is 170 g/mol. The zero-order chi connectivity index (χ0) is 8.39. The van der Waals surface area contributed by atoms with Gasteiger partial charge in [0.25, 0.3) is 0 Å². The Morgan fingerprint density at radius 2 is 1.92 bits per heavy atom. The maximum Gasteiger partial charge on any atom is 0.209 e. The van der Waals surface area contributed by atoms with Crippen LogP contribution in [0.4, 0.5) is 0 Å². The fraction of sp³-hybridized carbons (Fsp3) is 0.875. The number of morpholine rings is 1. The molecule has 2 saturated heterocycles. The average Bonchev–Trinajstić information content (AvgIpc) is 2.04. The molecule has 0 bridgehead atoms. The Morgan fingerprint density at radius 1 is 1.25 bits per heavy atom. The van der Waals surface area contributed by atoms with Crippen molar-refractivity contribution in [1.29, 1.82) is 0 Å². The van der Waals surface area contributed by atoms with Gasteiger partial charge in [0.1, 0.15) is 0 Å². The molecule has 0 N–H and O–H groups in total. The number of amides is 1. The van der Waals surface area contributed by atoms with Crippen LogP contribution in [-0.4, -0.2) is 61.6 Å². The summed E-state index contributed by atoms with van der Waals surface area (Å²) < 4.78 is 5.25.